The minimum atomic E-state index is -4.91. The van der Waals surface area contributed by atoms with Crippen LogP contribution in [0.2, 0.25) is 0 Å². The number of benzene rings is 2. The molecule has 1 amide bonds. The number of aromatic nitrogens is 1. The SMILES string of the molecule is CCn1c2ccccc2c2c(NC(=O)C(F)(F)F)cccc21. The Hall–Kier alpha value is -2.50. The molecule has 1 aromatic heterocycles. The number of nitrogens with zero attached hydrogens (tertiary/aromatic N) is 1. The van der Waals surface area contributed by atoms with Gasteiger partial charge in [-0.2, -0.15) is 13.2 Å². The summed E-state index contributed by atoms with van der Waals surface area (Å²) in [6.07, 6.45) is -4.91. The summed E-state index contributed by atoms with van der Waals surface area (Å²) < 4.78 is 39.5. The van der Waals surface area contributed by atoms with E-state index in [0.29, 0.717) is 11.9 Å². The number of hydrogen-bond acceptors (Lipinski definition) is 1. The second-order valence-electron chi connectivity index (χ2n) is 4.91. The lowest BCUT2D eigenvalue weighted by Gasteiger charge is -2.09. The summed E-state index contributed by atoms with van der Waals surface area (Å²) >= 11 is 0. The molecular weight excluding hydrogens is 293 g/mol. The summed E-state index contributed by atoms with van der Waals surface area (Å²) in [5.41, 5.74) is 1.89. The van der Waals surface area contributed by atoms with E-state index in [0.717, 1.165) is 16.4 Å². The summed E-state index contributed by atoms with van der Waals surface area (Å²) in [6, 6.07) is 12.4. The molecule has 6 heteroatoms. The predicted octanol–water partition coefficient (Wildman–Crippen LogP) is 4.32. The largest absolute Gasteiger partial charge is 0.471 e. The van der Waals surface area contributed by atoms with Crippen LogP contribution in [0.25, 0.3) is 21.8 Å². The van der Waals surface area contributed by atoms with E-state index >= 15 is 0 Å². The molecule has 0 bridgehead atoms. The molecule has 0 radical (unpaired) electrons. The highest BCUT2D eigenvalue weighted by atomic mass is 19.4. The lowest BCUT2D eigenvalue weighted by atomic mass is 10.1. The second-order valence-corrected chi connectivity index (χ2v) is 4.91. The van der Waals surface area contributed by atoms with Crippen molar-refractivity contribution in [3.8, 4) is 0 Å². The van der Waals surface area contributed by atoms with Gasteiger partial charge in [0.05, 0.1) is 11.2 Å². The van der Waals surface area contributed by atoms with Crippen LogP contribution < -0.4 is 5.32 Å². The molecule has 0 aliphatic carbocycles. The van der Waals surface area contributed by atoms with E-state index in [9.17, 15) is 18.0 Å². The molecule has 2 aromatic carbocycles. The first-order valence-electron chi connectivity index (χ1n) is 6.81. The van der Waals surface area contributed by atoms with E-state index in [4.69, 9.17) is 0 Å². The van der Waals surface area contributed by atoms with Gasteiger partial charge in [0.25, 0.3) is 0 Å². The van der Waals surface area contributed by atoms with Crippen LogP contribution in [0.1, 0.15) is 6.92 Å². The molecule has 0 aliphatic rings. The third kappa shape index (κ3) is 2.20. The van der Waals surface area contributed by atoms with Crippen LogP contribution in [0.4, 0.5) is 18.9 Å². The summed E-state index contributed by atoms with van der Waals surface area (Å²) in [6.45, 7) is 2.65. The normalized spacial score (nSPS) is 12.0. The number of hydrogen-bond donors (Lipinski definition) is 1. The number of alkyl halides is 3. The van der Waals surface area contributed by atoms with E-state index in [1.54, 1.807) is 6.07 Å². The van der Waals surface area contributed by atoms with Crippen molar-refractivity contribution in [2.75, 3.05) is 5.32 Å². The van der Waals surface area contributed by atoms with Crippen molar-refractivity contribution in [3.63, 3.8) is 0 Å². The Bertz CT molecular complexity index is 865. The lowest BCUT2D eigenvalue weighted by Crippen LogP contribution is -2.29. The molecular formula is C16H13F3N2O. The Kier molecular flexibility index (Phi) is 3.31. The predicted molar refractivity (Wildman–Crippen MR) is 79.8 cm³/mol. The minimum absolute atomic E-state index is 0.170. The zero-order chi connectivity index (χ0) is 15.9. The fourth-order valence-electron chi connectivity index (χ4n) is 2.74. The maximum absolute atomic E-state index is 12.5. The first-order valence-corrected chi connectivity index (χ1v) is 6.81. The summed E-state index contributed by atoms with van der Waals surface area (Å²) in [5, 5.41) is 3.42. The van der Waals surface area contributed by atoms with Crippen molar-refractivity contribution in [3.05, 3.63) is 42.5 Å². The van der Waals surface area contributed by atoms with Gasteiger partial charge in [0.15, 0.2) is 0 Å². The van der Waals surface area contributed by atoms with Crippen LogP contribution in [0, 0.1) is 0 Å². The van der Waals surface area contributed by atoms with Crippen LogP contribution >= 0.6 is 0 Å². The van der Waals surface area contributed by atoms with Gasteiger partial charge >= 0.3 is 12.1 Å². The summed E-state index contributed by atoms with van der Waals surface area (Å²) in [4.78, 5) is 11.2. The molecule has 0 aliphatic heterocycles. The zero-order valence-corrected chi connectivity index (χ0v) is 11.7. The Labute approximate surface area is 124 Å². The Morgan fingerprint density at radius 3 is 2.45 bits per heavy atom. The zero-order valence-electron chi connectivity index (χ0n) is 11.7. The van der Waals surface area contributed by atoms with Gasteiger partial charge in [0, 0.05) is 22.8 Å². The quantitative estimate of drug-likeness (QED) is 0.752. The third-order valence-electron chi connectivity index (χ3n) is 3.62. The van der Waals surface area contributed by atoms with E-state index in [1.165, 1.54) is 6.07 Å². The van der Waals surface area contributed by atoms with Crippen molar-refractivity contribution in [1.82, 2.24) is 4.57 Å². The van der Waals surface area contributed by atoms with Gasteiger partial charge in [-0.1, -0.05) is 24.3 Å². The number of carbonyl (C=O) groups excluding carboxylic acids is 1. The van der Waals surface area contributed by atoms with Crippen LogP contribution in [0.3, 0.4) is 0 Å². The molecule has 0 saturated heterocycles. The number of fused-ring (bicyclic) bond motifs is 3. The lowest BCUT2D eigenvalue weighted by molar-refractivity contribution is -0.167. The molecule has 114 valence electrons. The van der Waals surface area contributed by atoms with Crippen LogP contribution in [0.5, 0.6) is 0 Å². The molecule has 1 N–H and O–H groups in total. The smallest absolute Gasteiger partial charge is 0.341 e. The highest BCUT2D eigenvalue weighted by molar-refractivity contribution is 6.16. The van der Waals surface area contributed by atoms with Gasteiger partial charge in [-0.25, -0.2) is 0 Å². The molecule has 0 atom stereocenters. The number of amides is 1. The van der Waals surface area contributed by atoms with Gasteiger partial charge in [-0.05, 0) is 25.1 Å². The molecule has 22 heavy (non-hydrogen) atoms. The number of para-hydroxylation sites is 1. The Morgan fingerprint density at radius 1 is 1.09 bits per heavy atom. The Balaban J connectivity index is 2.27. The molecule has 0 fully saturated rings. The fraction of sp³-hybridized carbons (Fsp3) is 0.188. The second kappa shape index (κ2) is 5.05. The number of halogens is 3. The number of nitrogens with one attached hydrogen (secondary N) is 1. The van der Waals surface area contributed by atoms with Crippen molar-refractivity contribution >= 4 is 33.4 Å². The molecule has 1 heterocycles. The molecule has 0 unspecified atom stereocenters. The maximum Gasteiger partial charge on any atom is 0.471 e. The van der Waals surface area contributed by atoms with Crippen molar-refractivity contribution in [1.29, 1.82) is 0 Å². The highest BCUT2D eigenvalue weighted by Crippen LogP contribution is 2.34. The van der Waals surface area contributed by atoms with Gasteiger partial charge in [0.1, 0.15) is 0 Å². The molecule has 0 saturated carbocycles. The summed E-state index contributed by atoms with van der Waals surface area (Å²) in [7, 11) is 0. The van der Waals surface area contributed by atoms with Crippen LogP contribution in [-0.4, -0.2) is 16.7 Å². The van der Waals surface area contributed by atoms with Crippen molar-refractivity contribution < 1.29 is 18.0 Å². The highest BCUT2D eigenvalue weighted by Gasteiger charge is 2.39. The first kappa shape index (κ1) is 14.4. The molecule has 3 rings (SSSR count). The van der Waals surface area contributed by atoms with E-state index in [1.807, 2.05) is 47.1 Å². The van der Waals surface area contributed by atoms with Gasteiger partial charge < -0.3 is 9.88 Å². The Morgan fingerprint density at radius 2 is 1.77 bits per heavy atom. The van der Waals surface area contributed by atoms with E-state index in [-0.39, 0.29) is 5.69 Å². The third-order valence-corrected chi connectivity index (χ3v) is 3.62. The van der Waals surface area contributed by atoms with Gasteiger partial charge in [-0.3, -0.25) is 4.79 Å². The average molecular weight is 306 g/mol. The van der Waals surface area contributed by atoms with Crippen LogP contribution in [0.15, 0.2) is 42.5 Å². The number of anilines is 1. The van der Waals surface area contributed by atoms with Gasteiger partial charge in [0.2, 0.25) is 0 Å². The number of carbonyl (C=O) groups is 1. The first-order chi connectivity index (χ1) is 10.4. The van der Waals surface area contributed by atoms with Crippen molar-refractivity contribution in [2.45, 2.75) is 19.6 Å². The van der Waals surface area contributed by atoms with Gasteiger partial charge in [-0.15, -0.1) is 0 Å². The summed E-state index contributed by atoms with van der Waals surface area (Å²) in [5.74, 6) is -1.96. The molecule has 3 aromatic rings. The standard InChI is InChI=1S/C16H13F3N2O/c1-2-21-12-8-4-3-6-10(12)14-11(7-5-9-13(14)21)20-15(22)16(17,18)19/h3-9H,2H2,1H3,(H,20,22). The molecule has 3 nitrogen and oxygen atoms in total. The van der Waals surface area contributed by atoms with E-state index in [2.05, 4.69) is 0 Å². The topological polar surface area (TPSA) is 34.0 Å². The average Bonchev–Trinajstić information content (AvgIpc) is 2.80. The maximum atomic E-state index is 12.5. The number of aryl methyl sites for hydroxylation is 1. The van der Waals surface area contributed by atoms with E-state index < -0.39 is 12.1 Å². The number of rotatable bonds is 2. The molecule has 0 spiro atoms. The monoisotopic (exact) mass is 306 g/mol. The van der Waals surface area contributed by atoms with Crippen molar-refractivity contribution in [2.24, 2.45) is 0 Å². The van der Waals surface area contributed by atoms with Crippen LogP contribution in [-0.2, 0) is 11.3 Å². The minimum Gasteiger partial charge on any atom is -0.341 e. The fourth-order valence-corrected chi connectivity index (χ4v) is 2.74.